The number of hydrogen-bond donors (Lipinski definition) is 2. The molecule has 0 unspecified atom stereocenters. The van der Waals surface area contributed by atoms with Crippen molar-refractivity contribution in [2.75, 3.05) is 10.6 Å². The van der Waals surface area contributed by atoms with E-state index in [1.807, 2.05) is 68.4 Å². The fraction of sp³-hybridized carbons (Fsp3) is 0.200. The van der Waals surface area contributed by atoms with Crippen molar-refractivity contribution in [3.05, 3.63) is 89.2 Å². The van der Waals surface area contributed by atoms with E-state index in [1.165, 1.54) is 0 Å². The van der Waals surface area contributed by atoms with Gasteiger partial charge in [0.25, 0.3) is 0 Å². The number of nitrogens with one attached hydrogen (secondary N) is 2. The average molecular weight is 399 g/mol. The lowest BCUT2D eigenvalue weighted by Crippen LogP contribution is -2.20. The normalized spacial score (nSPS) is 10.9. The van der Waals surface area contributed by atoms with E-state index < -0.39 is 0 Å². The van der Waals surface area contributed by atoms with Gasteiger partial charge in [0, 0.05) is 24.8 Å². The van der Waals surface area contributed by atoms with E-state index in [0.717, 1.165) is 57.8 Å². The largest absolute Gasteiger partial charge is 0.331 e. The predicted molar refractivity (Wildman–Crippen MR) is 123 cm³/mol. The van der Waals surface area contributed by atoms with Crippen LogP contribution in [0.4, 0.5) is 16.2 Å². The van der Waals surface area contributed by atoms with Crippen LogP contribution in [-0.2, 0) is 19.9 Å². The highest BCUT2D eigenvalue weighted by molar-refractivity contribution is 6.00. The molecule has 2 N–H and O–H groups in total. The molecule has 0 bridgehead atoms. The smallest absolute Gasteiger partial charge is 0.323 e. The summed E-state index contributed by atoms with van der Waals surface area (Å²) in [6, 6.07) is 21.8. The van der Waals surface area contributed by atoms with Crippen LogP contribution in [0.3, 0.4) is 0 Å². The number of benzene rings is 3. The molecule has 0 saturated carbocycles. The zero-order chi connectivity index (χ0) is 21.1. The highest BCUT2D eigenvalue weighted by Crippen LogP contribution is 2.20. The number of carbonyl (C=O) groups is 1. The SMILES string of the molecule is Cc1cccc(NC(=O)Nc2cccc(CCc3nc4ccccc4n3C)c2)c1C. The topological polar surface area (TPSA) is 59.0 Å². The Morgan fingerprint density at radius 2 is 1.73 bits per heavy atom. The monoisotopic (exact) mass is 398 g/mol. The lowest BCUT2D eigenvalue weighted by molar-refractivity contribution is 0.262. The molecule has 0 spiro atoms. The first kappa shape index (κ1) is 19.7. The summed E-state index contributed by atoms with van der Waals surface area (Å²) >= 11 is 0. The third-order valence-corrected chi connectivity index (χ3v) is 5.55. The van der Waals surface area contributed by atoms with Crippen LogP contribution in [-0.4, -0.2) is 15.6 Å². The van der Waals surface area contributed by atoms with Crippen molar-refractivity contribution in [3.8, 4) is 0 Å². The van der Waals surface area contributed by atoms with Crippen LogP contribution in [0.5, 0.6) is 0 Å². The van der Waals surface area contributed by atoms with Crippen molar-refractivity contribution in [3.63, 3.8) is 0 Å². The Morgan fingerprint density at radius 1 is 0.933 bits per heavy atom. The van der Waals surface area contributed by atoms with Crippen LogP contribution < -0.4 is 10.6 Å². The van der Waals surface area contributed by atoms with Gasteiger partial charge in [-0.3, -0.25) is 0 Å². The van der Waals surface area contributed by atoms with Gasteiger partial charge in [0.2, 0.25) is 0 Å². The van der Waals surface area contributed by atoms with E-state index in [2.05, 4.69) is 34.4 Å². The maximum Gasteiger partial charge on any atom is 0.323 e. The number of nitrogens with zero attached hydrogens (tertiary/aromatic N) is 2. The van der Waals surface area contributed by atoms with Crippen molar-refractivity contribution >= 4 is 28.4 Å². The maximum atomic E-state index is 12.4. The zero-order valence-corrected chi connectivity index (χ0v) is 17.6. The van der Waals surface area contributed by atoms with Gasteiger partial charge in [0.15, 0.2) is 0 Å². The summed E-state index contributed by atoms with van der Waals surface area (Å²) in [5, 5.41) is 5.87. The van der Waals surface area contributed by atoms with E-state index >= 15 is 0 Å². The molecule has 0 aliphatic rings. The first-order valence-corrected chi connectivity index (χ1v) is 10.1. The lowest BCUT2D eigenvalue weighted by Gasteiger charge is -2.12. The molecule has 2 amide bonds. The number of amides is 2. The first-order chi connectivity index (χ1) is 14.5. The van der Waals surface area contributed by atoms with E-state index in [0.29, 0.717) is 0 Å². The van der Waals surface area contributed by atoms with Gasteiger partial charge in [-0.25, -0.2) is 9.78 Å². The molecule has 0 atom stereocenters. The van der Waals surface area contributed by atoms with E-state index in [4.69, 9.17) is 4.98 Å². The fourth-order valence-electron chi connectivity index (χ4n) is 3.65. The Hall–Kier alpha value is -3.60. The molecule has 152 valence electrons. The average Bonchev–Trinajstić information content (AvgIpc) is 3.06. The Kier molecular flexibility index (Phi) is 5.53. The Labute approximate surface area is 176 Å². The summed E-state index contributed by atoms with van der Waals surface area (Å²) in [6.45, 7) is 4.04. The van der Waals surface area contributed by atoms with Gasteiger partial charge in [-0.15, -0.1) is 0 Å². The molecule has 0 aliphatic heterocycles. The summed E-state index contributed by atoms with van der Waals surface area (Å²) < 4.78 is 2.15. The second kappa shape index (κ2) is 8.41. The maximum absolute atomic E-state index is 12.4. The molecule has 0 saturated heterocycles. The second-order valence-corrected chi connectivity index (χ2v) is 7.60. The van der Waals surface area contributed by atoms with E-state index in [-0.39, 0.29) is 6.03 Å². The number of carbonyl (C=O) groups excluding carboxylic acids is 1. The summed E-state index contributed by atoms with van der Waals surface area (Å²) in [5.41, 5.74) is 7.15. The molecule has 0 aliphatic carbocycles. The van der Waals surface area contributed by atoms with Gasteiger partial charge in [-0.05, 0) is 67.3 Å². The predicted octanol–water partition coefficient (Wildman–Crippen LogP) is 5.62. The number of rotatable bonds is 5. The summed E-state index contributed by atoms with van der Waals surface area (Å²) in [4.78, 5) is 17.2. The van der Waals surface area contributed by atoms with Gasteiger partial charge < -0.3 is 15.2 Å². The minimum atomic E-state index is -0.240. The van der Waals surface area contributed by atoms with Gasteiger partial charge in [0.05, 0.1) is 11.0 Å². The van der Waals surface area contributed by atoms with Crippen molar-refractivity contribution < 1.29 is 4.79 Å². The molecular weight excluding hydrogens is 372 g/mol. The van der Waals surface area contributed by atoms with Crippen LogP contribution in [0.2, 0.25) is 0 Å². The second-order valence-electron chi connectivity index (χ2n) is 7.60. The van der Waals surface area contributed by atoms with E-state index in [9.17, 15) is 4.79 Å². The number of aryl methyl sites for hydroxylation is 4. The summed E-state index contributed by atoms with van der Waals surface area (Å²) in [6.07, 6.45) is 1.69. The Bertz CT molecular complexity index is 1210. The number of urea groups is 1. The summed E-state index contributed by atoms with van der Waals surface area (Å²) in [5.74, 6) is 1.06. The van der Waals surface area contributed by atoms with Crippen LogP contribution in [0, 0.1) is 13.8 Å². The molecular formula is C25H26N4O. The first-order valence-electron chi connectivity index (χ1n) is 10.1. The van der Waals surface area contributed by atoms with Crippen LogP contribution >= 0.6 is 0 Å². The Balaban J connectivity index is 1.41. The van der Waals surface area contributed by atoms with Crippen molar-refractivity contribution in [1.82, 2.24) is 9.55 Å². The molecule has 5 heteroatoms. The number of imidazole rings is 1. The molecule has 3 aromatic carbocycles. The minimum absolute atomic E-state index is 0.240. The molecule has 30 heavy (non-hydrogen) atoms. The van der Waals surface area contributed by atoms with Crippen molar-refractivity contribution in [2.45, 2.75) is 26.7 Å². The van der Waals surface area contributed by atoms with Crippen LogP contribution in [0.25, 0.3) is 11.0 Å². The number of aromatic nitrogens is 2. The molecule has 4 aromatic rings. The fourth-order valence-corrected chi connectivity index (χ4v) is 3.65. The highest BCUT2D eigenvalue weighted by Gasteiger charge is 2.09. The number of anilines is 2. The number of hydrogen-bond acceptors (Lipinski definition) is 2. The zero-order valence-electron chi connectivity index (χ0n) is 17.6. The van der Waals surface area contributed by atoms with Gasteiger partial charge in [0.1, 0.15) is 5.82 Å². The third kappa shape index (κ3) is 4.20. The van der Waals surface area contributed by atoms with Crippen LogP contribution in [0.15, 0.2) is 66.7 Å². The molecule has 1 aromatic heterocycles. The molecule has 1 heterocycles. The van der Waals surface area contributed by atoms with Gasteiger partial charge in [-0.2, -0.15) is 0 Å². The standard InChI is InChI=1S/C25H26N4O/c1-17-8-6-12-21(18(17)2)28-25(30)26-20-10-7-9-19(16-20)14-15-24-27-22-11-4-5-13-23(22)29(24)3/h4-13,16H,14-15H2,1-3H3,(H2,26,28,30). The third-order valence-electron chi connectivity index (χ3n) is 5.55. The quantitative estimate of drug-likeness (QED) is 0.458. The molecule has 4 rings (SSSR count). The summed E-state index contributed by atoms with van der Waals surface area (Å²) in [7, 11) is 2.06. The van der Waals surface area contributed by atoms with Gasteiger partial charge in [-0.1, -0.05) is 36.4 Å². The number of fused-ring (bicyclic) bond motifs is 1. The number of para-hydroxylation sites is 2. The molecule has 0 fully saturated rings. The van der Waals surface area contributed by atoms with Gasteiger partial charge >= 0.3 is 6.03 Å². The van der Waals surface area contributed by atoms with Crippen molar-refractivity contribution in [2.24, 2.45) is 7.05 Å². The Morgan fingerprint density at radius 3 is 2.57 bits per heavy atom. The minimum Gasteiger partial charge on any atom is -0.331 e. The molecule has 0 radical (unpaired) electrons. The molecule has 5 nitrogen and oxygen atoms in total. The van der Waals surface area contributed by atoms with Crippen LogP contribution in [0.1, 0.15) is 22.5 Å². The van der Waals surface area contributed by atoms with E-state index in [1.54, 1.807) is 0 Å². The van der Waals surface area contributed by atoms with Crippen molar-refractivity contribution in [1.29, 1.82) is 0 Å². The lowest BCUT2D eigenvalue weighted by atomic mass is 10.1. The highest BCUT2D eigenvalue weighted by atomic mass is 16.2.